The summed E-state index contributed by atoms with van der Waals surface area (Å²) < 4.78 is 0. The van der Waals surface area contributed by atoms with Gasteiger partial charge in [-0.1, -0.05) is 6.07 Å². The van der Waals surface area contributed by atoms with Crippen molar-refractivity contribution in [1.82, 2.24) is 25.1 Å². The molecule has 115 valence electrons. The number of nitrogens with zero attached hydrogens (tertiary/aromatic N) is 6. The number of hydrogen-bond acceptors (Lipinski definition) is 6. The van der Waals surface area contributed by atoms with E-state index in [1.807, 2.05) is 31.0 Å². The minimum Gasteiger partial charge on any atom is -0.422 e. The van der Waals surface area contributed by atoms with E-state index in [1.54, 1.807) is 12.3 Å². The number of rotatable bonds is 3. The molecule has 0 aliphatic carbocycles. The quantitative estimate of drug-likeness (QED) is 0.622. The topological polar surface area (TPSA) is 94.9 Å². The van der Waals surface area contributed by atoms with Crippen LogP contribution in [0.25, 0.3) is 11.0 Å². The Kier molecular flexibility index (Phi) is 4.74. The molecule has 1 atom stereocenters. The number of hydrogen-bond donors (Lipinski definition) is 1. The Morgan fingerprint density at radius 1 is 1.23 bits per heavy atom. The minimum absolute atomic E-state index is 0. The van der Waals surface area contributed by atoms with Gasteiger partial charge in [-0.05, 0) is 31.6 Å². The molecule has 8 heteroatoms. The number of fused-ring (bicyclic) bond motifs is 1. The Morgan fingerprint density at radius 2 is 2.00 bits per heavy atom. The molecule has 1 radical (unpaired) electrons. The Morgan fingerprint density at radius 3 is 2.73 bits per heavy atom. The number of anilines is 2. The van der Waals surface area contributed by atoms with Crippen molar-refractivity contribution in [3.63, 3.8) is 0 Å². The molecule has 1 unspecified atom stereocenters. The maximum Gasteiger partial charge on any atom is 0.137 e. The standard InChI is InChI=1S/C14H16N7.Re/c1-8(11-5-4-6-12(15)19-11)21(3)14-10-7-16-20-13(10)17-9(2)18-14;/h4-8H,1-3H3,(H2-,15,16,17,18,19,20);/q-1;. The predicted octanol–water partition coefficient (Wildman–Crippen LogP) is 1.46. The molecule has 22 heavy (non-hydrogen) atoms. The van der Waals surface area contributed by atoms with E-state index < -0.39 is 0 Å². The van der Waals surface area contributed by atoms with Crippen LogP contribution in [0.3, 0.4) is 0 Å². The SMILES string of the molecule is Cc1nc(N(C)C(C)c2cccc(N)n2)c2cn[n-]c2n1.[Re]. The molecule has 0 aliphatic heterocycles. The number of aromatic nitrogens is 5. The largest absolute Gasteiger partial charge is 0.422 e. The van der Waals surface area contributed by atoms with Crippen LogP contribution in [-0.2, 0) is 20.4 Å². The summed E-state index contributed by atoms with van der Waals surface area (Å²) in [5.74, 6) is 1.96. The van der Waals surface area contributed by atoms with Gasteiger partial charge < -0.3 is 20.7 Å². The van der Waals surface area contributed by atoms with Crippen LogP contribution >= 0.6 is 0 Å². The van der Waals surface area contributed by atoms with E-state index in [4.69, 9.17) is 5.73 Å². The van der Waals surface area contributed by atoms with E-state index >= 15 is 0 Å². The van der Waals surface area contributed by atoms with Crippen LogP contribution in [0.15, 0.2) is 24.4 Å². The van der Waals surface area contributed by atoms with Crippen molar-refractivity contribution >= 4 is 22.7 Å². The molecule has 3 aromatic heterocycles. The molecule has 2 N–H and O–H groups in total. The molecular formula is C14H16N7Re-. The first-order chi connectivity index (χ1) is 10.1. The van der Waals surface area contributed by atoms with Gasteiger partial charge in [-0.3, -0.25) is 5.10 Å². The number of nitrogen functional groups attached to an aromatic ring is 1. The van der Waals surface area contributed by atoms with Crippen molar-refractivity contribution in [3.05, 3.63) is 35.9 Å². The summed E-state index contributed by atoms with van der Waals surface area (Å²) in [5.41, 5.74) is 7.25. The van der Waals surface area contributed by atoms with Crippen molar-refractivity contribution in [2.75, 3.05) is 17.7 Å². The van der Waals surface area contributed by atoms with Crippen LogP contribution < -0.4 is 15.7 Å². The molecule has 3 rings (SSSR count). The molecule has 0 amide bonds. The second-order valence-corrected chi connectivity index (χ2v) is 4.95. The Labute approximate surface area is 142 Å². The molecule has 0 saturated heterocycles. The van der Waals surface area contributed by atoms with Gasteiger partial charge >= 0.3 is 0 Å². The monoisotopic (exact) mass is 469 g/mol. The number of aryl methyl sites for hydroxylation is 1. The third-order valence-corrected chi connectivity index (χ3v) is 3.49. The molecule has 0 fully saturated rings. The third-order valence-electron chi connectivity index (χ3n) is 3.49. The fourth-order valence-electron chi connectivity index (χ4n) is 2.24. The second-order valence-electron chi connectivity index (χ2n) is 4.95. The first kappa shape index (κ1) is 16.3. The van der Waals surface area contributed by atoms with E-state index in [1.165, 1.54) is 0 Å². The van der Waals surface area contributed by atoms with Crippen molar-refractivity contribution in [1.29, 1.82) is 0 Å². The van der Waals surface area contributed by atoms with Crippen LogP contribution in [0.2, 0.25) is 0 Å². The summed E-state index contributed by atoms with van der Waals surface area (Å²) in [6.07, 6.45) is 1.68. The minimum atomic E-state index is 0. The van der Waals surface area contributed by atoms with Gasteiger partial charge in [0, 0.05) is 44.9 Å². The molecule has 0 aliphatic rings. The third kappa shape index (κ3) is 2.94. The van der Waals surface area contributed by atoms with E-state index in [0.717, 1.165) is 16.9 Å². The van der Waals surface area contributed by atoms with Gasteiger partial charge in [0.2, 0.25) is 0 Å². The van der Waals surface area contributed by atoms with Crippen molar-refractivity contribution in [2.45, 2.75) is 19.9 Å². The molecule has 3 aromatic rings. The molecule has 7 nitrogen and oxygen atoms in total. The van der Waals surface area contributed by atoms with Gasteiger partial charge in [0.25, 0.3) is 0 Å². The fraction of sp³-hybridized carbons (Fsp3) is 0.286. The first-order valence-electron chi connectivity index (χ1n) is 6.64. The zero-order valence-electron chi connectivity index (χ0n) is 12.5. The zero-order chi connectivity index (χ0) is 15.0. The van der Waals surface area contributed by atoms with Gasteiger partial charge in [-0.15, -0.1) is 0 Å². The van der Waals surface area contributed by atoms with Gasteiger partial charge in [0.1, 0.15) is 11.6 Å². The summed E-state index contributed by atoms with van der Waals surface area (Å²) in [6.45, 7) is 3.89. The summed E-state index contributed by atoms with van der Waals surface area (Å²) in [4.78, 5) is 15.2. The van der Waals surface area contributed by atoms with Crippen LogP contribution in [-0.4, -0.2) is 27.1 Å². The van der Waals surface area contributed by atoms with Crippen LogP contribution in [0.1, 0.15) is 24.5 Å². The van der Waals surface area contributed by atoms with Crippen molar-refractivity contribution in [3.8, 4) is 0 Å². The predicted molar refractivity (Wildman–Crippen MR) is 80.9 cm³/mol. The molecule has 3 heterocycles. The second kappa shape index (κ2) is 6.38. The van der Waals surface area contributed by atoms with Crippen molar-refractivity contribution in [2.24, 2.45) is 0 Å². The van der Waals surface area contributed by atoms with E-state index in [0.29, 0.717) is 17.3 Å². The van der Waals surface area contributed by atoms with E-state index in [-0.39, 0.29) is 26.5 Å². The van der Waals surface area contributed by atoms with E-state index in [2.05, 4.69) is 32.1 Å². The van der Waals surface area contributed by atoms with Gasteiger partial charge in [0.05, 0.1) is 11.7 Å². The van der Waals surface area contributed by atoms with Crippen LogP contribution in [0, 0.1) is 6.92 Å². The van der Waals surface area contributed by atoms with Crippen molar-refractivity contribution < 1.29 is 20.4 Å². The molecule has 0 bridgehead atoms. The number of pyridine rings is 1. The summed E-state index contributed by atoms with van der Waals surface area (Å²) >= 11 is 0. The summed E-state index contributed by atoms with van der Waals surface area (Å²) in [6, 6.07) is 5.63. The van der Waals surface area contributed by atoms with Gasteiger partial charge in [-0.25, -0.2) is 9.97 Å². The average molecular weight is 469 g/mol. The molecule has 0 spiro atoms. The Hall–Kier alpha value is -2.04. The van der Waals surface area contributed by atoms with Crippen LogP contribution in [0.5, 0.6) is 0 Å². The summed E-state index contributed by atoms with van der Waals surface area (Å²) in [5, 5.41) is 8.75. The Bertz CT molecular complexity index is 786. The van der Waals surface area contributed by atoms with Gasteiger partial charge in [0.15, 0.2) is 0 Å². The summed E-state index contributed by atoms with van der Waals surface area (Å²) in [7, 11) is 1.96. The molecule has 0 saturated carbocycles. The van der Waals surface area contributed by atoms with E-state index in [9.17, 15) is 0 Å². The molecular weight excluding hydrogens is 452 g/mol. The maximum absolute atomic E-state index is 5.76. The first-order valence-corrected chi connectivity index (χ1v) is 6.64. The fourth-order valence-corrected chi connectivity index (χ4v) is 2.24. The number of nitrogens with two attached hydrogens (primary N) is 1. The zero-order valence-corrected chi connectivity index (χ0v) is 15.2. The van der Waals surface area contributed by atoms with Gasteiger partial charge in [-0.2, -0.15) is 0 Å². The maximum atomic E-state index is 5.76. The Balaban J connectivity index is 0.00000176. The average Bonchev–Trinajstić information content (AvgIpc) is 2.93. The normalized spacial score (nSPS) is 12.0. The molecule has 0 aromatic carbocycles. The van der Waals surface area contributed by atoms with Crippen LogP contribution in [0.4, 0.5) is 11.6 Å². The smallest absolute Gasteiger partial charge is 0.137 e.